The predicted octanol–water partition coefficient (Wildman–Crippen LogP) is 6.66. The van der Waals surface area contributed by atoms with E-state index in [0.29, 0.717) is 18.6 Å². The number of oxime groups is 1. The molecule has 4 rings (SSSR count). The van der Waals surface area contributed by atoms with Crippen LogP contribution in [0.15, 0.2) is 58.6 Å². The quantitative estimate of drug-likeness (QED) is 0.167. The van der Waals surface area contributed by atoms with Crippen molar-refractivity contribution in [2.24, 2.45) is 11.1 Å². The van der Waals surface area contributed by atoms with Gasteiger partial charge in [-0.1, -0.05) is 35.0 Å². The largest absolute Gasteiger partial charge is 0.433 e. The Morgan fingerprint density at radius 3 is 2.32 bits per heavy atom. The maximum absolute atomic E-state index is 13.8. The van der Waals surface area contributed by atoms with Crippen LogP contribution in [0.5, 0.6) is 0 Å². The zero-order chi connectivity index (χ0) is 27.2. The van der Waals surface area contributed by atoms with Gasteiger partial charge in [0.1, 0.15) is 11.8 Å². The summed E-state index contributed by atoms with van der Waals surface area (Å²) in [4.78, 5) is 2.96. The third-order valence-electron chi connectivity index (χ3n) is 6.18. The third kappa shape index (κ3) is 5.42. The Morgan fingerprint density at radius 1 is 1.05 bits per heavy atom. The molecule has 0 amide bonds. The van der Waals surface area contributed by atoms with Gasteiger partial charge in [0, 0.05) is 11.3 Å². The Bertz CT molecular complexity index is 1450. The van der Waals surface area contributed by atoms with Gasteiger partial charge in [0.05, 0.1) is 21.7 Å². The van der Waals surface area contributed by atoms with Gasteiger partial charge in [-0.2, -0.15) is 34.8 Å². The molecule has 37 heavy (non-hydrogen) atoms. The number of rotatable bonds is 5. The summed E-state index contributed by atoms with van der Waals surface area (Å²) < 4.78 is 114. The van der Waals surface area contributed by atoms with Gasteiger partial charge in [-0.15, -0.1) is 0 Å². The SMILES string of the molecule is Cc1ccc(S(=O)(=O)O[C@H](c2cc(C(F)(F)F)nc3c(C(F)(F)F)cccc23)[C@@H]2CCC/C2=N\O)cc1. The van der Waals surface area contributed by atoms with Crippen molar-refractivity contribution in [1.29, 1.82) is 0 Å². The van der Waals surface area contributed by atoms with Crippen molar-refractivity contribution in [3.63, 3.8) is 0 Å². The lowest BCUT2D eigenvalue weighted by Crippen LogP contribution is -2.25. The van der Waals surface area contributed by atoms with Crippen LogP contribution in [0.4, 0.5) is 26.3 Å². The van der Waals surface area contributed by atoms with E-state index < -0.39 is 56.8 Å². The van der Waals surface area contributed by atoms with Gasteiger partial charge in [0.2, 0.25) is 0 Å². The molecule has 1 saturated carbocycles. The van der Waals surface area contributed by atoms with Gasteiger partial charge >= 0.3 is 12.4 Å². The molecule has 0 saturated heterocycles. The van der Waals surface area contributed by atoms with Gasteiger partial charge in [-0.25, -0.2) is 4.98 Å². The molecule has 0 unspecified atom stereocenters. The molecule has 0 bridgehead atoms. The smallest absolute Gasteiger partial charge is 0.411 e. The second kappa shape index (κ2) is 9.60. The first-order valence-corrected chi connectivity index (χ1v) is 12.4. The normalized spacial score (nSPS) is 19.0. The van der Waals surface area contributed by atoms with Crippen LogP contribution in [-0.4, -0.2) is 24.3 Å². The zero-order valence-electron chi connectivity index (χ0n) is 19.1. The van der Waals surface area contributed by atoms with Crippen molar-refractivity contribution in [1.82, 2.24) is 4.98 Å². The van der Waals surface area contributed by atoms with Crippen LogP contribution in [0.25, 0.3) is 10.9 Å². The number of hydrogen-bond acceptors (Lipinski definition) is 6. The molecule has 2 atom stereocenters. The van der Waals surface area contributed by atoms with Crippen molar-refractivity contribution < 1.29 is 44.2 Å². The molecule has 13 heteroatoms. The Labute approximate surface area is 207 Å². The molecule has 3 aromatic rings. The highest BCUT2D eigenvalue weighted by Crippen LogP contribution is 2.44. The van der Waals surface area contributed by atoms with Crippen LogP contribution < -0.4 is 0 Å². The summed E-state index contributed by atoms with van der Waals surface area (Å²) in [5.74, 6) is -1.02. The van der Waals surface area contributed by atoms with E-state index in [1.54, 1.807) is 6.92 Å². The first-order chi connectivity index (χ1) is 17.2. The number of nitrogens with zero attached hydrogens (tertiary/aromatic N) is 2. The molecule has 0 aliphatic heterocycles. The highest BCUT2D eigenvalue weighted by atomic mass is 32.2. The van der Waals surface area contributed by atoms with Crippen molar-refractivity contribution in [3.05, 3.63) is 70.9 Å². The van der Waals surface area contributed by atoms with Crippen molar-refractivity contribution in [2.75, 3.05) is 0 Å². The van der Waals surface area contributed by atoms with E-state index in [4.69, 9.17) is 4.18 Å². The summed E-state index contributed by atoms with van der Waals surface area (Å²) in [5, 5.41) is 12.3. The van der Waals surface area contributed by atoms with Crippen molar-refractivity contribution in [2.45, 2.75) is 49.5 Å². The molecule has 2 aromatic carbocycles. The molecule has 1 N–H and O–H groups in total. The average Bonchev–Trinajstić information content (AvgIpc) is 3.29. The number of pyridine rings is 1. The second-order valence-electron chi connectivity index (χ2n) is 8.67. The first kappa shape index (κ1) is 26.9. The van der Waals surface area contributed by atoms with Crippen LogP contribution in [0.2, 0.25) is 0 Å². The Balaban J connectivity index is 2.00. The first-order valence-electron chi connectivity index (χ1n) is 11.0. The predicted molar refractivity (Wildman–Crippen MR) is 121 cm³/mol. The van der Waals surface area contributed by atoms with E-state index in [0.717, 1.165) is 17.7 Å². The Kier molecular flexibility index (Phi) is 6.97. The minimum absolute atomic E-state index is 0.0644. The fourth-order valence-electron chi connectivity index (χ4n) is 4.42. The van der Waals surface area contributed by atoms with Crippen LogP contribution in [-0.2, 0) is 26.7 Å². The highest BCUT2D eigenvalue weighted by molar-refractivity contribution is 7.86. The molecule has 0 radical (unpaired) electrons. The van der Waals surface area contributed by atoms with E-state index in [-0.39, 0.29) is 28.8 Å². The number of alkyl halides is 6. The number of aromatic nitrogens is 1. The Morgan fingerprint density at radius 2 is 1.73 bits per heavy atom. The van der Waals surface area contributed by atoms with Gasteiger partial charge in [-0.05, 0) is 56.0 Å². The van der Waals surface area contributed by atoms with Crippen LogP contribution >= 0.6 is 0 Å². The molecule has 198 valence electrons. The molecular weight excluding hydrogens is 526 g/mol. The average molecular weight is 546 g/mol. The number of hydrogen-bond donors (Lipinski definition) is 1. The summed E-state index contributed by atoms with van der Waals surface area (Å²) in [6.07, 6.45) is -11.1. The fourth-order valence-corrected chi connectivity index (χ4v) is 5.51. The van der Waals surface area contributed by atoms with Gasteiger partial charge in [-0.3, -0.25) is 4.18 Å². The number of para-hydroxylation sites is 1. The number of aryl methyl sites for hydroxylation is 1. The molecule has 1 heterocycles. The van der Waals surface area contributed by atoms with Crippen LogP contribution in [0.3, 0.4) is 0 Å². The molecule has 1 aliphatic carbocycles. The molecular formula is C24H20F6N2O4S. The van der Waals surface area contributed by atoms with Crippen molar-refractivity contribution in [3.8, 4) is 0 Å². The standard InChI is InChI=1S/C24H20F6N2O4S/c1-13-8-10-14(11-9-13)37(34,35)36-22(16-5-3-7-19(16)32-33)17-12-20(24(28,29)30)31-21-15(17)4-2-6-18(21)23(25,26)27/h2,4,6,8-12,16,22,33H,3,5,7H2,1H3/b32-19+/t16-,22+/m1/s1. The minimum atomic E-state index is -5.15. The van der Waals surface area contributed by atoms with E-state index >= 15 is 0 Å². The highest BCUT2D eigenvalue weighted by Gasteiger charge is 2.42. The summed E-state index contributed by atoms with van der Waals surface area (Å²) in [7, 11) is -4.61. The van der Waals surface area contributed by atoms with E-state index in [2.05, 4.69) is 10.1 Å². The van der Waals surface area contributed by atoms with Gasteiger partial charge in [0.25, 0.3) is 10.1 Å². The molecule has 1 fully saturated rings. The fraction of sp³-hybridized carbons (Fsp3) is 0.333. The van der Waals surface area contributed by atoms with E-state index in [9.17, 15) is 40.0 Å². The monoisotopic (exact) mass is 546 g/mol. The summed E-state index contributed by atoms with van der Waals surface area (Å²) in [6, 6.07) is 8.65. The minimum Gasteiger partial charge on any atom is -0.411 e. The van der Waals surface area contributed by atoms with Crippen LogP contribution in [0.1, 0.15) is 47.8 Å². The Hall–Kier alpha value is -3.19. The molecule has 1 aliphatic rings. The summed E-state index contributed by atoms with van der Waals surface area (Å²) >= 11 is 0. The molecule has 6 nitrogen and oxygen atoms in total. The zero-order valence-corrected chi connectivity index (χ0v) is 20.0. The van der Waals surface area contributed by atoms with Crippen molar-refractivity contribution >= 4 is 26.7 Å². The number of halogens is 6. The molecule has 0 spiro atoms. The number of benzene rings is 2. The van der Waals surface area contributed by atoms with Gasteiger partial charge < -0.3 is 5.21 Å². The van der Waals surface area contributed by atoms with Crippen LogP contribution in [0, 0.1) is 12.8 Å². The van der Waals surface area contributed by atoms with E-state index in [1.807, 2.05) is 0 Å². The molecule has 1 aromatic heterocycles. The lowest BCUT2D eigenvalue weighted by molar-refractivity contribution is -0.142. The summed E-state index contributed by atoms with van der Waals surface area (Å²) in [5.41, 5.74) is -3.73. The summed E-state index contributed by atoms with van der Waals surface area (Å²) in [6.45, 7) is 1.71. The second-order valence-corrected chi connectivity index (χ2v) is 10.2. The van der Waals surface area contributed by atoms with E-state index in [1.165, 1.54) is 24.3 Å². The lowest BCUT2D eigenvalue weighted by atomic mass is 9.90. The van der Waals surface area contributed by atoms with Gasteiger partial charge in [0.15, 0.2) is 0 Å². The maximum Gasteiger partial charge on any atom is 0.433 e. The lowest BCUT2D eigenvalue weighted by Gasteiger charge is -2.26. The maximum atomic E-state index is 13.8. The topological polar surface area (TPSA) is 88.9 Å². The third-order valence-corrected chi connectivity index (χ3v) is 7.49. The number of fused-ring (bicyclic) bond motifs is 1.